The van der Waals surface area contributed by atoms with Crippen LogP contribution in [-0.2, 0) is 26.2 Å². The Balaban J connectivity index is 1.56. The molecule has 0 bridgehead atoms. The Hall–Kier alpha value is -3.16. The number of rotatable bonds is 6. The van der Waals surface area contributed by atoms with Crippen molar-refractivity contribution < 1.29 is 22.1 Å². The average Bonchev–Trinajstić information content (AvgIpc) is 2.77. The molecule has 0 aliphatic carbocycles. The minimum atomic E-state index is -3.98. The Morgan fingerprint density at radius 3 is 2.27 bits per heavy atom. The van der Waals surface area contributed by atoms with Crippen molar-refractivity contribution >= 4 is 16.0 Å². The number of carbonyl (C=O) groups is 1. The third kappa shape index (κ3) is 4.53. The molecule has 1 heterocycles. The normalized spacial score (nSPS) is 17.0. The van der Waals surface area contributed by atoms with Crippen molar-refractivity contribution in [3.63, 3.8) is 0 Å². The van der Waals surface area contributed by atoms with E-state index in [9.17, 15) is 13.2 Å². The molecule has 1 atom stereocenters. The molecule has 0 aromatic heterocycles. The molecule has 1 aliphatic rings. The summed E-state index contributed by atoms with van der Waals surface area (Å²) in [6, 6.07) is 24.5. The van der Waals surface area contributed by atoms with Gasteiger partial charge in [-0.05, 0) is 23.8 Å². The molecule has 1 amide bonds. The van der Waals surface area contributed by atoms with Gasteiger partial charge in [-0.3, -0.25) is 4.79 Å². The van der Waals surface area contributed by atoms with Crippen LogP contribution in [0.1, 0.15) is 17.2 Å². The number of ether oxygens (including phenoxy) is 1. The molecule has 1 fully saturated rings. The van der Waals surface area contributed by atoms with Gasteiger partial charge < -0.3 is 13.8 Å². The Morgan fingerprint density at radius 1 is 0.900 bits per heavy atom. The number of carbonyl (C=O) groups excluding carboxylic acids is 1. The van der Waals surface area contributed by atoms with Gasteiger partial charge in [0, 0.05) is 12.1 Å². The SMILES string of the molecule is O=C1CO[C@H](c2ccccc2OS(=O)(=O)c2ccccc2)CN1Cc1ccccc1. The standard InChI is InChI=1S/C23H21NO5S/c25-23-17-28-22(16-24(23)15-18-9-3-1-4-10-18)20-13-7-8-14-21(20)29-30(26,27)19-11-5-2-6-12-19/h1-14,22H,15-17H2/t22-/m0/s1. The van der Waals surface area contributed by atoms with Gasteiger partial charge in [0.05, 0.1) is 6.54 Å². The minimum absolute atomic E-state index is 0.0722. The monoisotopic (exact) mass is 423 g/mol. The second-order valence-corrected chi connectivity index (χ2v) is 8.49. The number of nitrogens with zero attached hydrogens (tertiary/aromatic N) is 1. The maximum Gasteiger partial charge on any atom is 0.339 e. The highest BCUT2D eigenvalue weighted by Gasteiger charge is 2.30. The van der Waals surface area contributed by atoms with Crippen LogP contribution < -0.4 is 4.18 Å². The second kappa shape index (κ2) is 8.69. The Bertz CT molecular complexity index is 1120. The van der Waals surface area contributed by atoms with Crippen molar-refractivity contribution in [2.24, 2.45) is 0 Å². The smallest absolute Gasteiger partial charge is 0.339 e. The van der Waals surface area contributed by atoms with E-state index in [4.69, 9.17) is 8.92 Å². The maximum absolute atomic E-state index is 12.7. The molecule has 3 aromatic carbocycles. The van der Waals surface area contributed by atoms with Gasteiger partial charge in [0.25, 0.3) is 0 Å². The molecule has 0 N–H and O–H groups in total. The average molecular weight is 423 g/mol. The van der Waals surface area contributed by atoms with Crippen LogP contribution in [0.15, 0.2) is 89.8 Å². The molecule has 3 aromatic rings. The summed E-state index contributed by atoms with van der Waals surface area (Å²) in [6.07, 6.45) is -0.492. The van der Waals surface area contributed by atoms with Crippen molar-refractivity contribution in [3.05, 3.63) is 96.1 Å². The van der Waals surface area contributed by atoms with Crippen LogP contribution in [0.4, 0.5) is 0 Å². The summed E-state index contributed by atoms with van der Waals surface area (Å²) >= 11 is 0. The molecule has 7 heteroatoms. The van der Waals surface area contributed by atoms with Crippen LogP contribution >= 0.6 is 0 Å². The fourth-order valence-corrected chi connectivity index (χ4v) is 4.31. The summed E-state index contributed by atoms with van der Waals surface area (Å²) < 4.78 is 36.5. The molecule has 4 rings (SSSR count). The summed E-state index contributed by atoms with van der Waals surface area (Å²) in [5, 5.41) is 0. The van der Waals surface area contributed by atoms with E-state index < -0.39 is 16.2 Å². The number of para-hydroxylation sites is 1. The first-order valence-electron chi connectivity index (χ1n) is 9.55. The van der Waals surface area contributed by atoms with Crippen LogP contribution in [0.2, 0.25) is 0 Å². The quantitative estimate of drug-likeness (QED) is 0.567. The van der Waals surface area contributed by atoms with Crippen molar-refractivity contribution in [2.75, 3.05) is 13.2 Å². The fraction of sp³-hybridized carbons (Fsp3) is 0.174. The second-order valence-electron chi connectivity index (χ2n) is 6.95. The van der Waals surface area contributed by atoms with Crippen molar-refractivity contribution in [2.45, 2.75) is 17.5 Å². The lowest BCUT2D eigenvalue weighted by atomic mass is 10.1. The molecule has 0 radical (unpaired) electrons. The zero-order valence-corrected chi connectivity index (χ0v) is 17.0. The van der Waals surface area contributed by atoms with E-state index in [1.807, 2.05) is 30.3 Å². The summed E-state index contributed by atoms with van der Waals surface area (Å²) in [4.78, 5) is 14.1. The minimum Gasteiger partial charge on any atom is -0.379 e. The largest absolute Gasteiger partial charge is 0.379 e. The van der Waals surface area contributed by atoms with Gasteiger partial charge in [-0.1, -0.05) is 66.7 Å². The lowest BCUT2D eigenvalue weighted by molar-refractivity contribution is -0.150. The molecule has 1 saturated heterocycles. The fourth-order valence-electron chi connectivity index (χ4n) is 3.34. The summed E-state index contributed by atoms with van der Waals surface area (Å²) in [5.41, 5.74) is 1.60. The molecular formula is C23H21NO5S. The highest BCUT2D eigenvalue weighted by Crippen LogP contribution is 2.32. The van der Waals surface area contributed by atoms with Crippen LogP contribution in [0.25, 0.3) is 0 Å². The summed E-state index contributed by atoms with van der Waals surface area (Å²) in [6.45, 7) is 0.696. The van der Waals surface area contributed by atoms with E-state index in [0.29, 0.717) is 18.7 Å². The van der Waals surface area contributed by atoms with Crippen molar-refractivity contribution in [3.8, 4) is 5.75 Å². The van der Waals surface area contributed by atoms with E-state index in [1.54, 1.807) is 47.4 Å². The molecule has 154 valence electrons. The van der Waals surface area contributed by atoms with Gasteiger partial charge >= 0.3 is 10.1 Å². The molecule has 1 aliphatic heterocycles. The number of morpholine rings is 1. The van der Waals surface area contributed by atoms with E-state index in [0.717, 1.165) is 5.56 Å². The first-order chi connectivity index (χ1) is 14.5. The predicted molar refractivity (Wildman–Crippen MR) is 111 cm³/mol. The van der Waals surface area contributed by atoms with Crippen LogP contribution in [0, 0.1) is 0 Å². The van der Waals surface area contributed by atoms with E-state index in [2.05, 4.69) is 0 Å². The molecule has 30 heavy (non-hydrogen) atoms. The topological polar surface area (TPSA) is 72.9 Å². The molecule has 0 spiro atoms. The molecule has 0 unspecified atom stereocenters. The first-order valence-corrected chi connectivity index (χ1v) is 11.0. The van der Waals surface area contributed by atoms with Gasteiger partial charge in [0.1, 0.15) is 23.4 Å². The lowest BCUT2D eigenvalue weighted by Crippen LogP contribution is -2.42. The zero-order valence-electron chi connectivity index (χ0n) is 16.2. The highest BCUT2D eigenvalue weighted by molar-refractivity contribution is 7.87. The third-order valence-corrected chi connectivity index (χ3v) is 6.11. The third-order valence-electron chi connectivity index (χ3n) is 4.86. The van der Waals surface area contributed by atoms with E-state index >= 15 is 0 Å². The van der Waals surface area contributed by atoms with Crippen LogP contribution in [0.3, 0.4) is 0 Å². The van der Waals surface area contributed by atoms with Crippen LogP contribution in [-0.4, -0.2) is 32.4 Å². The van der Waals surface area contributed by atoms with Gasteiger partial charge in [-0.15, -0.1) is 0 Å². The Morgan fingerprint density at radius 2 is 1.53 bits per heavy atom. The maximum atomic E-state index is 12.7. The van der Waals surface area contributed by atoms with Gasteiger partial charge in [0.15, 0.2) is 0 Å². The van der Waals surface area contributed by atoms with E-state index in [1.165, 1.54) is 12.1 Å². The van der Waals surface area contributed by atoms with Gasteiger partial charge in [-0.25, -0.2) is 0 Å². The number of amides is 1. The number of benzene rings is 3. The van der Waals surface area contributed by atoms with Crippen molar-refractivity contribution in [1.82, 2.24) is 4.90 Å². The summed E-state index contributed by atoms with van der Waals surface area (Å²) in [7, 11) is -3.98. The molecule has 0 saturated carbocycles. The van der Waals surface area contributed by atoms with Crippen LogP contribution in [0.5, 0.6) is 5.75 Å². The van der Waals surface area contributed by atoms with E-state index in [-0.39, 0.29) is 23.2 Å². The van der Waals surface area contributed by atoms with Gasteiger partial charge in [0.2, 0.25) is 5.91 Å². The lowest BCUT2D eigenvalue weighted by Gasteiger charge is -2.33. The first kappa shape index (κ1) is 20.1. The molecule has 6 nitrogen and oxygen atoms in total. The highest BCUT2D eigenvalue weighted by atomic mass is 32.2. The molecular weight excluding hydrogens is 402 g/mol. The van der Waals surface area contributed by atoms with Crippen molar-refractivity contribution in [1.29, 1.82) is 0 Å². The Kier molecular flexibility index (Phi) is 5.83. The Labute approximate surface area is 175 Å². The summed E-state index contributed by atoms with van der Waals surface area (Å²) in [5.74, 6) is 0.0887. The number of hydrogen-bond donors (Lipinski definition) is 0. The number of hydrogen-bond acceptors (Lipinski definition) is 5. The predicted octanol–water partition coefficient (Wildman–Crippen LogP) is 3.55. The zero-order chi connectivity index (χ0) is 21.0. The van der Waals surface area contributed by atoms with Gasteiger partial charge in [-0.2, -0.15) is 8.42 Å².